The number of nitrogens with two attached hydrogens (primary N) is 1. The van der Waals surface area contributed by atoms with Gasteiger partial charge in [0.1, 0.15) is 5.75 Å². The van der Waals surface area contributed by atoms with E-state index in [1.165, 1.54) is 0 Å². The van der Waals surface area contributed by atoms with E-state index < -0.39 is 6.09 Å². The zero-order valence-electron chi connectivity index (χ0n) is 12.2. The molecule has 1 aromatic carbocycles. The van der Waals surface area contributed by atoms with Gasteiger partial charge in [-0.1, -0.05) is 22.5 Å². The van der Waals surface area contributed by atoms with Crippen molar-refractivity contribution < 1.29 is 14.3 Å². The fourth-order valence-corrected chi connectivity index (χ4v) is 2.77. The van der Waals surface area contributed by atoms with Gasteiger partial charge >= 0.3 is 11.3 Å². The summed E-state index contributed by atoms with van der Waals surface area (Å²) in [5, 5.41) is 12.6. The van der Waals surface area contributed by atoms with Crippen LogP contribution < -0.4 is 15.2 Å². The normalized spacial score (nSPS) is 10.5. The first-order chi connectivity index (χ1) is 11.2. The molecule has 0 bridgehead atoms. The predicted molar refractivity (Wildman–Crippen MR) is 83.4 cm³/mol. The Bertz CT molecular complexity index is 816. The number of benzene rings is 1. The van der Waals surface area contributed by atoms with E-state index >= 15 is 0 Å². The molecule has 3 rings (SSSR count). The molecule has 118 valence electrons. The van der Waals surface area contributed by atoms with Crippen LogP contribution in [0.15, 0.2) is 36.7 Å². The van der Waals surface area contributed by atoms with Crippen molar-refractivity contribution in [2.75, 3.05) is 7.11 Å². The van der Waals surface area contributed by atoms with Gasteiger partial charge in [-0.2, -0.15) is 5.10 Å². The number of rotatable bonds is 5. The Morgan fingerprint density at radius 1 is 1.39 bits per heavy atom. The smallest absolute Gasteiger partial charge is 0.411 e. The minimum atomic E-state index is -0.924. The predicted octanol–water partition coefficient (Wildman–Crippen LogP) is 1.92. The standard InChI is InChI=1S/C14H13N5O3S/c1-21-11-4-3-9(8-19-6-2-5-16-19)7-10(11)12-17-18-14(23-12)22-13(15)20/h2-7H,8H2,1H3,(H2,15,20). The van der Waals surface area contributed by atoms with Crippen LogP contribution in [0.25, 0.3) is 10.6 Å². The van der Waals surface area contributed by atoms with Crippen molar-refractivity contribution in [1.82, 2.24) is 20.0 Å². The minimum Gasteiger partial charge on any atom is -0.496 e. The molecular formula is C14H13N5O3S. The maximum atomic E-state index is 10.8. The van der Waals surface area contributed by atoms with Gasteiger partial charge in [0.25, 0.3) is 0 Å². The second-order valence-corrected chi connectivity index (χ2v) is 5.47. The Morgan fingerprint density at radius 2 is 2.26 bits per heavy atom. The van der Waals surface area contributed by atoms with Gasteiger partial charge in [0, 0.05) is 12.4 Å². The number of primary amides is 1. The fourth-order valence-electron chi connectivity index (χ4n) is 2.05. The number of nitrogens with zero attached hydrogens (tertiary/aromatic N) is 4. The van der Waals surface area contributed by atoms with Crippen molar-refractivity contribution in [3.8, 4) is 21.5 Å². The maximum Gasteiger partial charge on any atom is 0.411 e. The van der Waals surface area contributed by atoms with Gasteiger partial charge in [0.15, 0.2) is 5.01 Å². The quantitative estimate of drug-likeness (QED) is 0.765. The molecule has 9 heteroatoms. The lowest BCUT2D eigenvalue weighted by Crippen LogP contribution is -2.15. The highest BCUT2D eigenvalue weighted by atomic mass is 32.1. The van der Waals surface area contributed by atoms with E-state index in [-0.39, 0.29) is 5.19 Å². The number of amides is 1. The Kier molecular flexibility index (Phi) is 4.20. The van der Waals surface area contributed by atoms with Crippen LogP contribution in [-0.4, -0.2) is 33.2 Å². The average molecular weight is 331 g/mol. The highest BCUT2D eigenvalue weighted by molar-refractivity contribution is 7.16. The molecule has 0 aliphatic heterocycles. The van der Waals surface area contributed by atoms with Crippen LogP contribution in [0.1, 0.15) is 5.56 Å². The molecule has 2 N–H and O–H groups in total. The van der Waals surface area contributed by atoms with E-state index in [9.17, 15) is 4.79 Å². The number of ether oxygens (including phenoxy) is 2. The number of hydrogen-bond acceptors (Lipinski definition) is 7. The van der Waals surface area contributed by atoms with E-state index in [0.717, 1.165) is 22.5 Å². The number of carbonyl (C=O) groups excluding carboxylic acids is 1. The van der Waals surface area contributed by atoms with Crippen molar-refractivity contribution in [3.05, 3.63) is 42.2 Å². The number of carbonyl (C=O) groups is 1. The summed E-state index contributed by atoms with van der Waals surface area (Å²) in [6.45, 7) is 0.618. The summed E-state index contributed by atoms with van der Waals surface area (Å²) in [5.74, 6) is 0.649. The Morgan fingerprint density at radius 3 is 2.96 bits per heavy atom. The highest BCUT2D eigenvalue weighted by Gasteiger charge is 2.14. The third kappa shape index (κ3) is 3.46. The summed E-state index contributed by atoms with van der Waals surface area (Å²) < 4.78 is 11.9. The van der Waals surface area contributed by atoms with E-state index in [2.05, 4.69) is 15.3 Å². The zero-order valence-corrected chi connectivity index (χ0v) is 13.0. The van der Waals surface area contributed by atoms with E-state index in [4.69, 9.17) is 15.2 Å². The highest BCUT2D eigenvalue weighted by Crippen LogP contribution is 2.35. The topological polar surface area (TPSA) is 105 Å². The molecule has 1 amide bonds. The first kappa shape index (κ1) is 15.0. The third-order valence-electron chi connectivity index (χ3n) is 2.99. The SMILES string of the molecule is COc1ccc(Cn2cccn2)cc1-c1nnc(OC(N)=O)s1. The molecule has 8 nitrogen and oxygen atoms in total. The maximum absolute atomic E-state index is 10.8. The van der Waals surface area contributed by atoms with Crippen molar-refractivity contribution in [2.45, 2.75) is 6.54 Å². The number of hydrogen-bond donors (Lipinski definition) is 1. The Balaban J connectivity index is 1.92. The summed E-state index contributed by atoms with van der Waals surface area (Å²) in [5.41, 5.74) is 6.76. The zero-order chi connectivity index (χ0) is 16.2. The van der Waals surface area contributed by atoms with Gasteiger partial charge < -0.3 is 15.2 Å². The van der Waals surface area contributed by atoms with Crippen LogP contribution in [-0.2, 0) is 6.54 Å². The first-order valence-corrected chi connectivity index (χ1v) is 7.43. The summed E-state index contributed by atoms with van der Waals surface area (Å²) in [4.78, 5) is 10.8. The van der Waals surface area contributed by atoms with Crippen LogP contribution in [0.3, 0.4) is 0 Å². The van der Waals surface area contributed by atoms with Crippen LogP contribution in [0.2, 0.25) is 0 Å². The summed E-state index contributed by atoms with van der Waals surface area (Å²) in [6.07, 6.45) is 2.68. The van der Waals surface area contributed by atoms with Crippen LogP contribution in [0.5, 0.6) is 10.9 Å². The average Bonchev–Trinajstić information content (AvgIpc) is 3.18. The minimum absolute atomic E-state index is 0.0898. The number of aromatic nitrogens is 4. The molecular weight excluding hydrogens is 318 g/mol. The summed E-state index contributed by atoms with van der Waals surface area (Å²) >= 11 is 1.11. The molecule has 0 saturated heterocycles. The van der Waals surface area contributed by atoms with Crippen molar-refractivity contribution >= 4 is 17.4 Å². The molecule has 0 fully saturated rings. The Labute approximate surface area is 135 Å². The van der Waals surface area contributed by atoms with Crippen LogP contribution in [0.4, 0.5) is 4.79 Å². The third-order valence-corrected chi connectivity index (χ3v) is 3.83. The van der Waals surface area contributed by atoms with E-state index in [1.54, 1.807) is 13.3 Å². The van der Waals surface area contributed by atoms with Gasteiger partial charge in [-0.3, -0.25) is 4.68 Å². The van der Waals surface area contributed by atoms with Crippen molar-refractivity contribution in [2.24, 2.45) is 5.73 Å². The molecule has 3 aromatic rings. The first-order valence-electron chi connectivity index (χ1n) is 6.61. The monoisotopic (exact) mass is 331 g/mol. The van der Waals surface area contributed by atoms with Gasteiger partial charge in [0.05, 0.1) is 19.2 Å². The van der Waals surface area contributed by atoms with Gasteiger partial charge in [-0.25, -0.2) is 4.79 Å². The molecule has 23 heavy (non-hydrogen) atoms. The molecule has 0 spiro atoms. The molecule has 0 aliphatic rings. The van der Waals surface area contributed by atoms with Gasteiger partial charge in [0.2, 0.25) is 0 Å². The second-order valence-electron chi connectivity index (χ2n) is 4.53. The van der Waals surface area contributed by atoms with Gasteiger partial charge in [-0.15, -0.1) is 5.10 Å². The molecule has 0 aliphatic carbocycles. The fraction of sp³-hybridized carbons (Fsp3) is 0.143. The van der Waals surface area contributed by atoms with Crippen molar-refractivity contribution in [1.29, 1.82) is 0 Å². The van der Waals surface area contributed by atoms with E-state index in [0.29, 0.717) is 17.3 Å². The summed E-state index contributed by atoms with van der Waals surface area (Å²) in [6, 6.07) is 7.60. The lowest BCUT2D eigenvalue weighted by molar-refractivity contribution is 0.210. The number of methoxy groups -OCH3 is 1. The molecule has 0 atom stereocenters. The molecule has 0 unspecified atom stereocenters. The lowest BCUT2D eigenvalue weighted by atomic mass is 10.1. The van der Waals surface area contributed by atoms with Crippen LogP contribution >= 0.6 is 11.3 Å². The lowest BCUT2D eigenvalue weighted by Gasteiger charge is -2.08. The molecule has 0 radical (unpaired) electrons. The second kappa shape index (κ2) is 6.44. The summed E-state index contributed by atoms with van der Waals surface area (Å²) in [7, 11) is 1.58. The van der Waals surface area contributed by atoms with Gasteiger partial charge in [-0.05, 0) is 23.8 Å². The molecule has 0 saturated carbocycles. The largest absolute Gasteiger partial charge is 0.496 e. The van der Waals surface area contributed by atoms with Crippen LogP contribution in [0, 0.1) is 0 Å². The molecule has 2 aromatic heterocycles. The Hall–Kier alpha value is -2.94. The molecule has 2 heterocycles. The van der Waals surface area contributed by atoms with E-state index in [1.807, 2.05) is 35.1 Å². The van der Waals surface area contributed by atoms with Crippen molar-refractivity contribution in [3.63, 3.8) is 0 Å².